The molecular weight excluding hydrogens is 260 g/mol. The number of aromatic nitrogens is 3. The van der Waals surface area contributed by atoms with Gasteiger partial charge in [-0.2, -0.15) is 0 Å². The Morgan fingerprint density at radius 3 is 2.37 bits per heavy atom. The molecule has 5 heteroatoms. The maximum atomic E-state index is 5.92. The fourth-order valence-electron chi connectivity index (χ4n) is 2.32. The van der Waals surface area contributed by atoms with E-state index in [1.807, 2.05) is 28.9 Å². The molecule has 1 aromatic carbocycles. The van der Waals surface area contributed by atoms with E-state index in [1.165, 1.54) is 0 Å². The Labute approximate surface area is 118 Å². The van der Waals surface area contributed by atoms with E-state index in [4.69, 9.17) is 17.3 Å². The first-order valence-electron chi connectivity index (χ1n) is 6.61. The molecular formula is C14H19ClN4. The van der Waals surface area contributed by atoms with Crippen LogP contribution >= 0.6 is 11.6 Å². The van der Waals surface area contributed by atoms with E-state index < -0.39 is 0 Å². The molecule has 102 valence electrons. The van der Waals surface area contributed by atoms with E-state index in [0.29, 0.717) is 17.5 Å². The number of hydrogen-bond acceptors (Lipinski definition) is 3. The monoisotopic (exact) mass is 278 g/mol. The van der Waals surface area contributed by atoms with Crippen LogP contribution in [0.4, 0.5) is 0 Å². The summed E-state index contributed by atoms with van der Waals surface area (Å²) in [5.41, 5.74) is 8.75. The molecule has 0 atom stereocenters. The third-order valence-electron chi connectivity index (χ3n) is 3.42. The molecule has 2 N–H and O–H groups in total. The second kappa shape index (κ2) is 6.17. The van der Waals surface area contributed by atoms with Gasteiger partial charge in [-0.15, -0.1) is 5.10 Å². The molecule has 0 unspecified atom stereocenters. The van der Waals surface area contributed by atoms with Crippen LogP contribution in [0.25, 0.3) is 5.69 Å². The van der Waals surface area contributed by atoms with Crippen molar-refractivity contribution in [3.05, 3.63) is 40.7 Å². The highest BCUT2D eigenvalue weighted by Gasteiger charge is 2.20. The summed E-state index contributed by atoms with van der Waals surface area (Å²) >= 11 is 5.92. The first kappa shape index (κ1) is 14.0. The highest BCUT2D eigenvalue weighted by molar-refractivity contribution is 6.30. The summed E-state index contributed by atoms with van der Waals surface area (Å²) in [5, 5.41) is 9.17. The van der Waals surface area contributed by atoms with Crippen molar-refractivity contribution in [3.8, 4) is 5.69 Å². The normalized spacial score (nSPS) is 11.2. The molecule has 4 nitrogen and oxygen atoms in total. The molecule has 0 radical (unpaired) electrons. The largest absolute Gasteiger partial charge is 0.325 e. The summed E-state index contributed by atoms with van der Waals surface area (Å²) in [6.45, 7) is 4.76. The molecule has 0 fully saturated rings. The van der Waals surface area contributed by atoms with Crippen molar-refractivity contribution in [1.82, 2.24) is 15.0 Å². The zero-order chi connectivity index (χ0) is 13.8. The quantitative estimate of drug-likeness (QED) is 0.913. The van der Waals surface area contributed by atoms with Crippen molar-refractivity contribution in [2.24, 2.45) is 5.73 Å². The number of hydrogen-bond donors (Lipinski definition) is 1. The van der Waals surface area contributed by atoms with Crippen molar-refractivity contribution in [1.29, 1.82) is 0 Å². The highest BCUT2D eigenvalue weighted by atomic mass is 35.5. The number of halogens is 1. The van der Waals surface area contributed by atoms with Gasteiger partial charge in [-0.25, -0.2) is 4.68 Å². The van der Waals surface area contributed by atoms with E-state index in [9.17, 15) is 0 Å². The molecule has 1 aromatic heterocycles. The Morgan fingerprint density at radius 2 is 1.84 bits per heavy atom. The van der Waals surface area contributed by atoms with Gasteiger partial charge in [-0.05, 0) is 37.1 Å². The smallest absolute Gasteiger partial charge is 0.100 e. The molecule has 19 heavy (non-hydrogen) atoms. The fourth-order valence-corrected chi connectivity index (χ4v) is 2.45. The van der Waals surface area contributed by atoms with Crippen LogP contribution in [0.15, 0.2) is 24.3 Å². The molecule has 0 aliphatic carbocycles. The second-order valence-electron chi connectivity index (χ2n) is 4.53. The van der Waals surface area contributed by atoms with Gasteiger partial charge in [-0.3, -0.25) is 0 Å². The van der Waals surface area contributed by atoms with Gasteiger partial charge in [0, 0.05) is 17.5 Å². The van der Waals surface area contributed by atoms with Crippen molar-refractivity contribution in [2.75, 3.05) is 0 Å². The maximum absolute atomic E-state index is 5.92. The number of nitrogens with two attached hydrogens (primary N) is 1. The van der Waals surface area contributed by atoms with E-state index in [-0.39, 0.29) is 0 Å². The van der Waals surface area contributed by atoms with Gasteiger partial charge in [-0.1, -0.05) is 30.7 Å². The van der Waals surface area contributed by atoms with E-state index >= 15 is 0 Å². The van der Waals surface area contributed by atoms with E-state index in [1.54, 1.807) is 0 Å². The summed E-state index contributed by atoms with van der Waals surface area (Å²) < 4.78 is 1.89. The average Bonchev–Trinajstić information content (AvgIpc) is 2.85. The van der Waals surface area contributed by atoms with Crippen molar-refractivity contribution in [3.63, 3.8) is 0 Å². The van der Waals surface area contributed by atoms with Crippen LogP contribution in [0.1, 0.15) is 44.0 Å². The zero-order valence-electron chi connectivity index (χ0n) is 11.3. The number of benzene rings is 1. The van der Waals surface area contributed by atoms with Crippen LogP contribution in [0.2, 0.25) is 5.02 Å². The van der Waals surface area contributed by atoms with E-state index in [2.05, 4.69) is 24.2 Å². The second-order valence-corrected chi connectivity index (χ2v) is 4.96. The first-order valence-corrected chi connectivity index (χ1v) is 6.99. The van der Waals surface area contributed by atoms with Gasteiger partial charge in [0.25, 0.3) is 0 Å². The molecule has 2 rings (SSSR count). The molecule has 0 amide bonds. The lowest BCUT2D eigenvalue weighted by molar-refractivity contribution is 0.590. The third-order valence-corrected chi connectivity index (χ3v) is 3.67. The van der Waals surface area contributed by atoms with Gasteiger partial charge >= 0.3 is 0 Å². The Morgan fingerprint density at radius 1 is 1.21 bits per heavy atom. The minimum atomic E-state index is 0.416. The molecule has 0 saturated carbocycles. The Kier molecular flexibility index (Phi) is 4.56. The topological polar surface area (TPSA) is 56.7 Å². The van der Waals surface area contributed by atoms with Gasteiger partial charge < -0.3 is 5.73 Å². The summed E-state index contributed by atoms with van der Waals surface area (Å²) in [7, 11) is 0. The Hall–Kier alpha value is -1.39. The van der Waals surface area contributed by atoms with E-state index in [0.717, 1.165) is 29.9 Å². The number of nitrogens with zero attached hydrogens (tertiary/aromatic N) is 3. The van der Waals surface area contributed by atoms with Crippen molar-refractivity contribution >= 4 is 11.6 Å². The molecule has 2 aromatic rings. The summed E-state index contributed by atoms with van der Waals surface area (Å²) in [6.07, 6.45) is 2.09. The molecule has 1 heterocycles. The van der Waals surface area contributed by atoms with Gasteiger partial charge in [0.05, 0.1) is 11.4 Å². The SMILES string of the molecule is CCC(CC)c1c(CN)nnn1-c1ccc(Cl)cc1. The molecule has 0 spiro atoms. The van der Waals surface area contributed by atoms with Crippen LogP contribution in [0.5, 0.6) is 0 Å². The lowest BCUT2D eigenvalue weighted by atomic mass is 9.97. The Balaban J connectivity index is 2.51. The van der Waals surface area contributed by atoms with Crippen molar-refractivity contribution < 1.29 is 0 Å². The standard InChI is InChI=1S/C14H19ClN4/c1-3-10(4-2)14-13(9-16)17-18-19(14)12-7-5-11(15)6-8-12/h5-8,10H,3-4,9,16H2,1-2H3. The van der Waals surface area contributed by atoms with Crippen LogP contribution < -0.4 is 5.73 Å². The van der Waals surface area contributed by atoms with Crippen LogP contribution in [0, 0.1) is 0 Å². The van der Waals surface area contributed by atoms with Crippen molar-refractivity contribution in [2.45, 2.75) is 39.2 Å². The lowest BCUT2D eigenvalue weighted by Crippen LogP contribution is -2.10. The molecule has 0 aliphatic rings. The van der Waals surface area contributed by atoms with Gasteiger partial charge in [0.15, 0.2) is 0 Å². The van der Waals surface area contributed by atoms with Crippen LogP contribution in [-0.2, 0) is 6.54 Å². The predicted molar refractivity (Wildman–Crippen MR) is 77.6 cm³/mol. The number of rotatable bonds is 5. The lowest BCUT2D eigenvalue weighted by Gasteiger charge is -2.15. The molecule has 0 bridgehead atoms. The molecule has 0 saturated heterocycles. The first-order chi connectivity index (χ1) is 9.21. The Bertz CT molecular complexity index is 529. The van der Waals surface area contributed by atoms with Gasteiger partial charge in [0.2, 0.25) is 0 Å². The summed E-state index contributed by atoms with van der Waals surface area (Å²) in [4.78, 5) is 0. The predicted octanol–water partition coefficient (Wildman–Crippen LogP) is 3.28. The molecule has 0 aliphatic heterocycles. The zero-order valence-corrected chi connectivity index (χ0v) is 12.1. The minimum absolute atomic E-state index is 0.416. The minimum Gasteiger partial charge on any atom is -0.325 e. The third kappa shape index (κ3) is 2.80. The average molecular weight is 279 g/mol. The van der Waals surface area contributed by atoms with Gasteiger partial charge in [0.1, 0.15) is 5.69 Å². The fraction of sp³-hybridized carbons (Fsp3) is 0.429. The summed E-state index contributed by atoms with van der Waals surface area (Å²) in [6, 6.07) is 7.61. The summed E-state index contributed by atoms with van der Waals surface area (Å²) in [5.74, 6) is 0.421. The maximum Gasteiger partial charge on any atom is 0.100 e. The van der Waals surface area contributed by atoms with Crippen LogP contribution in [0.3, 0.4) is 0 Å². The highest BCUT2D eigenvalue weighted by Crippen LogP contribution is 2.27. The van der Waals surface area contributed by atoms with Crippen LogP contribution in [-0.4, -0.2) is 15.0 Å².